The number of nitrogens with zero attached hydrogens (tertiary/aromatic N) is 1. The number of ether oxygens (including phenoxy) is 1. The summed E-state index contributed by atoms with van der Waals surface area (Å²) in [6, 6.07) is 16.8. The summed E-state index contributed by atoms with van der Waals surface area (Å²) in [6.45, 7) is -0.324. The van der Waals surface area contributed by atoms with E-state index in [9.17, 15) is 23.6 Å². The average molecular weight is 494 g/mol. The lowest BCUT2D eigenvalue weighted by molar-refractivity contribution is -0.122. The van der Waals surface area contributed by atoms with Crippen LogP contribution in [-0.4, -0.2) is 30.4 Å². The van der Waals surface area contributed by atoms with E-state index in [1.54, 1.807) is 18.2 Å². The number of nitrogens with one attached hydrogen (secondary N) is 2. The van der Waals surface area contributed by atoms with Gasteiger partial charge in [-0.2, -0.15) is 0 Å². The largest absolute Gasteiger partial charge is 0.484 e. The predicted molar refractivity (Wildman–Crippen MR) is 127 cm³/mol. The minimum Gasteiger partial charge on any atom is -0.484 e. The summed E-state index contributed by atoms with van der Waals surface area (Å²) < 4.78 is 18.5. The first kappa shape index (κ1) is 23.7. The normalized spacial score (nSPS) is 14.6. The number of amides is 5. The Labute approximate surface area is 203 Å². The average Bonchev–Trinajstić information content (AvgIpc) is 2.83. The number of halogens is 2. The van der Waals surface area contributed by atoms with Crippen molar-refractivity contribution in [3.63, 3.8) is 0 Å². The Balaban J connectivity index is 1.47. The molecular weight excluding hydrogens is 477 g/mol. The highest BCUT2D eigenvalue weighted by molar-refractivity contribution is 6.39. The van der Waals surface area contributed by atoms with Crippen LogP contribution >= 0.6 is 11.6 Å². The zero-order valence-electron chi connectivity index (χ0n) is 18.0. The first-order chi connectivity index (χ1) is 16.8. The van der Waals surface area contributed by atoms with Gasteiger partial charge < -0.3 is 10.1 Å². The highest BCUT2D eigenvalue weighted by Gasteiger charge is 2.36. The Morgan fingerprint density at radius 1 is 1.03 bits per heavy atom. The van der Waals surface area contributed by atoms with Gasteiger partial charge in [-0.3, -0.25) is 19.7 Å². The van der Waals surface area contributed by atoms with Crippen LogP contribution in [0.1, 0.15) is 5.56 Å². The molecule has 2 N–H and O–H groups in total. The van der Waals surface area contributed by atoms with E-state index in [2.05, 4.69) is 10.6 Å². The molecule has 4 rings (SSSR count). The van der Waals surface area contributed by atoms with E-state index in [1.807, 2.05) is 0 Å². The molecule has 10 heteroatoms. The second kappa shape index (κ2) is 10.2. The number of benzene rings is 3. The van der Waals surface area contributed by atoms with E-state index in [1.165, 1.54) is 60.7 Å². The molecule has 0 aromatic heterocycles. The van der Waals surface area contributed by atoms with Gasteiger partial charge in [-0.05, 0) is 72.3 Å². The first-order valence-corrected chi connectivity index (χ1v) is 10.6. The molecule has 5 amide bonds. The number of barbiturate groups is 1. The van der Waals surface area contributed by atoms with Gasteiger partial charge in [0, 0.05) is 10.7 Å². The van der Waals surface area contributed by atoms with E-state index < -0.39 is 29.6 Å². The molecule has 0 unspecified atom stereocenters. The Morgan fingerprint density at radius 3 is 2.46 bits per heavy atom. The van der Waals surface area contributed by atoms with Crippen molar-refractivity contribution in [1.82, 2.24) is 5.32 Å². The van der Waals surface area contributed by atoms with E-state index in [0.717, 1.165) is 4.90 Å². The fourth-order valence-corrected chi connectivity index (χ4v) is 3.35. The third-order valence-corrected chi connectivity index (χ3v) is 5.11. The third-order valence-electron chi connectivity index (χ3n) is 4.85. The van der Waals surface area contributed by atoms with Crippen LogP contribution in [0.25, 0.3) is 6.08 Å². The highest BCUT2D eigenvalue weighted by Crippen LogP contribution is 2.24. The van der Waals surface area contributed by atoms with Gasteiger partial charge in [0.2, 0.25) is 0 Å². The predicted octanol–water partition coefficient (Wildman–Crippen LogP) is 4.16. The van der Waals surface area contributed by atoms with Crippen LogP contribution in [0.2, 0.25) is 5.02 Å². The molecule has 0 spiro atoms. The maximum atomic E-state index is 13.0. The van der Waals surface area contributed by atoms with Crippen LogP contribution < -0.4 is 20.3 Å². The molecule has 3 aromatic carbocycles. The van der Waals surface area contributed by atoms with E-state index in [4.69, 9.17) is 16.3 Å². The summed E-state index contributed by atoms with van der Waals surface area (Å²) in [6.07, 6.45) is 1.32. The monoisotopic (exact) mass is 493 g/mol. The molecule has 8 nitrogen and oxygen atoms in total. The number of carbonyl (C=O) groups is 4. The van der Waals surface area contributed by atoms with Crippen LogP contribution in [-0.2, 0) is 14.4 Å². The van der Waals surface area contributed by atoms with Gasteiger partial charge in [0.15, 0.2) is 6.61 Å². The lowest BCUT2D eigenvalue weighted by atomic mass is 10.1. The minimum atomic E-state index is -0.872. The van der Waals surface area contributed by atoms with Crippen LogP contribution in [0, 0.1) is 5.82 Å². The number of rotatable bonds is 6. The summed E-state index contributed by atoms with van der Waals surface area (Å²) in [4.78, 5) is 50.6. The molecule has 0 saturated carbocycles. The van der Waals surface area contributed by atoms with Crippen molar-refractivity contribution in [1.29, 1.82) is 0 Å². The van der Waals surface area contributed by atoms with Gasteiger partial charge in [0.1, 0.15) is 17.1 Å². The number of urea groups is 1. The Bertz CT molecular complexity index is 1340. The Morgan fingerprint density at radius 2 is 1.74 bits per heavy atom. The summed E-state index contributed by atoms with van der Waals surface area (Å²) in [5.74, 6) is -2.21. The molecule has 1 fully saturated rings. The summed E-state index contributed by atoms with van der Waals surface area (Å²) in [5.41, 5.74) is 0.843. The molecule has 35 heavy (non-hydrogen) atoms. The molecule has 1 saturated heterocycles. The number of hydrogen-bond donors (Lipinski definition) is 2. The van der Waals surface area contributed by atoms with Gasteiger partial charge in [-0.15, -0.1) is 0 Å². The molecule has 0 atom stereocenters. The molecular formula is C25H17ClFN3O5. The van der Waals surface area contributed by atoms with Gasteiger partial charge in [0.05, 0.1) is 5.69 Å². The van der Waals surface area contributed by atoms with Crippen LogP contribution in [0.3, 0.4) is 0 Å². The second-order valence-electron chi connectivity index (χ2n) is 7.35. The number of imide groups is 2. The smallest absolute Gasteiger partial charge is 0.335 e. The SMILES string of the molecule is O=C(COc1cccc(/C=C2/C(=O)NC(=O)N(c3ccc(Cl)cc3)C2=O)c1)Nc1ccc(F)cc1. The molecule has 1 aliphatic rings. The van der Waals surface area contributed by atoms with Crippen molar-refractivity contribution >= 4 is 52.8 Å². The molecule has 0 radical (unpaired) electrons. The lowest BCUT2D eigenvalue weighted by Crippen LogP contribution is -2.54. The zero-order valence-corrected chi connectivity index (χ0v) is 18.7. The van der Waals surface area contributed by atoms with Crippen LogP contribution in [0.4, 0.5) is 20.6 Å². The minimum absolute atomic E-state index is 0.250. The maximum absolute atomic E-state index is 13.0. The van der Waals surface area contributed by atoms with Gasteiger partial charge in [0.25, 0.3) is 17.7 Å². The van der Waals surface area contributed by atoms with Crippen molar-refractivity contribution in [2.45, 2.75) is 0 Å². The summed E-state index contributed by atoms with van der Waals surface area (Å²) in [7, 11) is 0. The number of hydrogen-bond acceptors (Lipinski definition) is 5. The molecule has 176 valence electrons. The second-order valence-corrected chi connectivity index (χ2v) is 7.79. The molecule has 0 bridgehead atoms. The number of anilines is 2. The van der Waals surface area contributed by atoms with Crippen molar-refractivity contribution in [3.8, 4) is 5.75 Å². The standard InChI is InChI=1S/C25H17ClFN3O5/c26-16-4-10-19(11-5-16)30-24(33)21(23(32)29-25(30)34)13-15-2-1-3-20(12-15)35-14-22(31)28-18-8-6-17(27)7-9-18/h1-13H,14H2,(H,28,31)(H,29,32,34)/b21-13-. The summed E-state index contributed by atoms with van der Waals surface area (Å²) >= 11 is 5.87. The lowest BCUT2D eigenvalue weighted by Gasteiger charge is -2.26. The molecule has 1 aliphatic heterocycles. The topological polar surface area (TPSA) is 105 Å². The van der Waals surface area contributed by atoms with E-state index in [-0.39, 0.29) is 17.9 Å². The molecule has 0 aliphatic carbocycles. The van der Waals surface area contributed by atoms with Crippen molar-refractivity contribution in [2.75, 3.05) is 16.8 Å². The fourth-order valence-electron chi connectivity index (χ4n) is 3.22. The fraction of sp³-hybridized carbons (Fsp3) is 0.0400. The Kier molecular flexibility index (Phi) is 6.88. The van der Waals surface area contributed by atoms with Crippen molar-refractivity contribution in [2.24, 2.45) is 0 Å². The Hall–Kier alpha value is -4.50. The third kappa shape index (κ3) is 5.71. The van der Waals surface area contributed by atoms with Gasteiger partial charge in [-0.25, -0.2) is 14.1 Å². The number of carbonyl (C=O) groups excluding carboxylic acids is 4. The molecule has 1 heterocycles. The molecule has 3 aromatic rings. The van der Waals surface area contributed by atoms with Gasteiger partial charge in [-0.1, -0.05) is 23.7 Å². The van der Waals surface area contributed by atoms with Crippen molar-refractivity contribution < 1.29 is 28.3 Å². The first-order valence-electron chi connectivity index (χ1n) is 10.3. The quantitative estimate of drug-likeness (QED) is 0.396. The van der Waals surface area contributed by atoms with E-state index in [0.29, 0.717) is 22.0 Å². The summed E-state index contributed by atoms with van der Waals surface area (Å²) in [5, 5.41) is 5.14. The zero-order chi connectivity index (χ0) is 24.9. The van der Waals surface area contributed by atoms with Crippen LogP contribution in [0.5, 0.6) is 5.75 Å². The van der Waals surface area contributed by atoms with Crippen LogP contribution in [0.15, 0.2) is 78.4 Å². The van der Waals surface area contributed by atoms with Gasteiger partial charge >= 0.3 is 6.03 Å². The van der Waals surface area contributed by atoms with E-state index >= 15 is 0 Å². The maximum Gasteiger partial charge on any atom is 0.335 e. The van der Waals surface area contributed by atoms with Crippen molar-refractivity contribution in [3.05, 3.63) is 94.8 Å². The highest BCUT2D eigenvalue weighted by atomic mass is 35.5.